The van der Waals surface area contributed by atoms with E-state index in [-0.39, 0.29) is 12.0 Å². The van der Waals surface area contributed by atoms with Crippen LogP contribution in [0.1, 0.15) is 40.0 Å². The summed E-state index contributed by atoms with van der Waals surface area (Å²) in [6, 6.07) is 9.47. The van der Waals surface area contributed by atoms with Crippen molar-refractivity contribution >= 4 is 17.7 Å². The Labute approximate surface area is 138 Å². The van der Waals surface area contributed by atoms with Gasteiger partial charge in [0.25, 0.3) is 0 Å². The maximum absolute atomic E-state index is 12.1. The van der Waals surface area contributed by atoms with E-state index in [0.717, 1.165) is 18.5 Å². The smallest absolute Gasteiger partial charge is 0.410 e. The molecular weight excluding hydrogens is 292 g/mol. The summed E-state index contributed by atoms with van der Waals surface area (Å²) < 4.78 is 5.38. The maximum atomic E-state index is 12.1. The van der Waals surface area contributed by atoms with Crippen LogP contribution in [0.4, 0.5) is 10.5 Å². The van der Waals surface area contributed by atoms with Crippen LogP contribution in [0, 0.1) is 5.92 Å². The Morgan fingerprint density at radius 2 is 1.78 bits per heavy atom. The van der Waals surface area contributed by atoms with E-state index in [2.05, 4.69) is 5.32 Å². The van der Waals surface area contributed by atoms with Crippen LogP contribution in [0.25, 0.3) is 0 Å². The van der Waals surface area contributed by atoms with Gasteiger partial charge in [-0.15, -0.1) is 0 Å². The van der Waals surface area contributed by atoms with E-state index in [0.29, 0.717) is 25.4 Å². The zero-order valence-corrected chi connectivity index (χ0v) is 14.2. The minimum atomic E-state index is -0.469. The first kappa shape index (κ1) is 17.3. The molecule has 1 heterocycles. The van der Waals surface area contributed by atoms with Gasteiger partial charge in [0.15, 0.2) is 0 Å². The molecule has 0 aromatic heterocycles. The summed E-state index contributed by atoms with van der Waals surface area (Å²) in [6.45, 7) is 6.90. The number of carbonyl (C=O) groups excluding carboxylic acids is 2. The van der Waals surface area contributed by atoms with Gasteiger partial charge in [0.2, 0.25) is 5.91 Å². The van der Waals surface area contributed by atoms with Gasteiger partial charge in [0.05, 0.1) is 0 Å². The second kappa shape index (κ2) is 7.49. The summed E-state index contributed by atoms with van der Waals surface area (Å²) in [7, 11) is 0. The molecule has 1 N–H and O–H groups in total. The summed E-state index contributed by atoms with van der Waals surface area (Å²) in [5, 5.41) is 2.91. The average molecular weight is 318 g/mol. The zero-order valence-electron chi connectivity index (χ0n) is 14.2. The number of hydrogen-bond donors (Lipinski definition) is 1. The highest BCUT2D eigenvalue weighted by Crippen LogP contribution is 2.22. The van der Waals surface area contributed by atoms with Crippen LogP contribution >= 0.6 is 0 Å². The van der Waals surface area contributed by atoms with E-state index >= 15 is 0 Å². The lowest BCUT2D eigenvalue weighted by Gasteiger charge is -2.33. The fraction of sp³-hybridized carbons (Fsp3) is 0.556. The van der Waals surface area contributed by atoms with Gasteiger partial charge in [-0.25, -0.2) is 4.79 Å². The number of anilines is 1. The number of hydrogen-bond acceptors (Lipinski definition) is 3. The number of rotatable bonds is 3. The predicted molar refractivity (Wildman–Crippen MR) is 90.2 cm³/mol. The van der Waals surface area contributed by atoms with E-state index in [4.69, 9.17) is 4.74 Å². The molecule has 126 valence electrons. The molecule has 2 rings (SSSR count). The minimum absolute atomic E-state index is 0.0342. The highest BCUT2D eigenvalue weighted by atomic mass is 16.6. The van der Waals surface area contributed by atoms with Crippen LogP contribution in [0.15, 0.2) is 30.3 Å². The molecule has 0 radical (unpaired) electrons. The van der Waals surface area contributed by atoms with E-state index in [1.807, 2.05) is 51.1 Å². The van der Waals surface area contributed by atoms with Gasteiger partial charge in [-0.1, -0.05) is 18.2 Å². The predicted octanol–water partition coefficient (Wildman–Crippen LogP) is 3.66. The van der Waals surface area contributed by atoms with Crippen molar-refractivity contribution in [3.63, 3.8) is 0 Å². The largest absolute Gasteiger partial charge is 0.444 e. The van der Waals surface area contributed by atoms with E-state index in [9.17, 15) is 9.59 Å². The summed E-state index contributed by atoms with van der Waals surface area (Å²) in [5.74, 6) is 0.351. The Hall–Kier alpha value is -2.04. The van der Waals surface area contributed by atoms with Crippen LogP contribution in [-0.4, -0.2) is 35.6 Å². The van der Waals surface area contributed by atoms with Crippen molar-refractivity contribution in [3.05, 3.63) is 30.3 Å². The number of likely N-dealkylation sites (tertiary alicyclic amines) is 1. The molecule has 1 fully saturated rings. The minimum Gasteiger partial charge on any atom is -0.444 e. The molecule has 23 heavy (non-hydrogen) atoms. The molecule has 1 aliphatic heterocycles. The molecule has 0 spiro atoms. The van der Waals surface area contributed by atoms with E-state index in [1.165, 1.54) is 0 Å². The molecule has 0 aliphatic carbocycles. The van der Waals surface area contributed by atoms with Crippen molar-refractivity contribution in [2.24, 2.45) is 5.92 Å². The van der Waals surface area contributed by atoms with Crippen LogP contribution in [0.5, 0.6) is 0 Å². The van der Waals surface area contributed by atoms with E-state index in [1.54, 1.807) is 4.90 Å². The monoisotopic (exact) mass is 318 g/mol. The molecular formula is C18H26N2O3. The molecule has 0 bridgehead atoms. The third-order valence-corrected chi connectivity index (χ3v) is 3.80. The second-order valence-corrected chi connectivity index (χ2v) is 7.03. The topological polar surface area (TPSA) is 58.6 Å². The number of ether oxygens (including phenoxy) is 1. The molecule has 5 nitrogen and oxygen atoms in total. The third-order valence-electron chi connectivity index (χ3n) is 3.80. The molecule has 0 saturated carbocycles. The molecule has 1 saturated heterocycles. The number of carbonyl (C=O) groups is 2. The van der Waals surface area contributed by atoms with Gasteiger partial charge in [-0.2, -0.15) is 0 Å². The summed E-state index contributed by atoms with van der Waals surface area (Å²) in [5.41, 5.74) is 0.354. The maximum Gasteiger partial charge on any atom is 0.410 e. The van der Waals surface area contributed by atoms with Crippen LogP contribution in [0.3, 0.4) is 0 Å². The lowest BCUT2D eigenvalue weighted by molar-refractivity contribution is -0.117. The summed E-state index contributed by atoms with van der Waals surface area (Å²) >= 11 is 0. The Morgan fingerprint density at radius 3 is 2.35 bits per heavy atom. The number of amides is 2. The first-order valence-electron chi connectivity index (χ1n) is 8.16. The molecule has 2 amide bonds. The van der Waals surface area contributed by atoms with Crippen molar-refractivity contribution in [2.75, 3.05) is 18.4 Å². The number of benzene rings is 1. The third kappa shape index (κ3) is 5.93. The number of para-hydroxylation sites is 1. The lowest BCUT2D eigenvalue weighted by Crippen LogP contribution is -2.42. The number of nitrogens with one attached hydrogen (secondary N) is 1. The SMILES string of the molecule is CC(C)(C)OC(=O)N1CCC(CC(=O)Nc2ccccc2)CC1. The van der Waals surface area contributed by atoms with Gasteiger partial charge in [-0.3, -0.25) is 4.79 Å². The Bertz CT molecular complexity index is 529. The van der Waals surface area contributed by atoms with Gasteiger partial charge in [-0.05, 0) is 51.7 Å². The second-order valence-electron chi connectivity index (χ2n) is 7.03. The van der Waals surface area contributed by atoms with Crippen molar-refractivity contribution in [3.8, 4) is 0 Å². The summed E-state index contributed by atoms with van der Waals surface area (Å²) in [6.07, 6.45) is 1.91. The van der Waals surface area contributed by atoms with Crippen molar-refractivity contribution in [2.45, 2.75) is 45.6 Å². The molecule has 0 unspecified atom stereocenters. The van der Waals surface area contributed by atoms with Crippen LogP contribution in [0.2, 0.25) is 0 Å². The van der Waals surface area contributed by atoms with Crippen molar-refractivity contribution in [1.82, 2.24) is 4.90 Å². The molecule has 1 aromatic rings. The van der Waals surface area contributed by atoms with Gasteiger partial charge in [0, 0.05) is 25.2 Å². The normalized spacial score (nSPS) is 16.0. The van der Waals surface area contributed by atoms with Crippen molar-refractivity contribution < 1.29 is 14.3 Å². The van der Waals surface area contributed by atoms with Gasteiger partial charge >= 0.3 is 6.09 Å². The quantitative estimate of drug-likeness (QED) is 0.925. The lowest BCUT2D eigenvalue weighted by atomic mass is 9.93. The van der Waals surface area contributed by atoms with Gasteiger partial charge < -0.3 is 15.0 Å². The molecule has 0 atom stereocenters. The number of nitrogens with zero attached hydrogens (tertiary/aromatic N) is 1. The van der Waals surface area contributed by atoms with Gasteiger partial charge in [0.1, 0.15) is 5.60 Å². The molecule has 1 aromatic carbocycles. The average Bonchev–Trinajstić information content (AvgIpc) is 2.47. The van der Waals surface area contributed by atoms with Crippen LogP contribution in [-0.2, 0) is 9.53 Å². The highest BCUT2D eigenvalue weighted by molar-refractivity contribution is 5.90. The first-order valence-corrected chi connectivity index (χ1v) is 8.16. The first-order chi connectivity index (χ1) is 10.8. The Kier molecular flexibility index (Phi) is 5.64. The van der Waals surface area contributed by atoms with E-state index < -0.39 is 5.60 Å². The standard InChI is InChI=1S/C18H26N2O3/c1-18(2,3)23-17(22)20-11-9-14(10-12-20)13-16(21)19-15-7-5-4-6-8-15/h4-8,14H,9-13H2,1-3H3,(H,19,21). The highest BCUT2D eigenvalue weighted by Gasteiger charge is 2.27. The Morgan fingerprint density at radius 1 is 1.17 bits per heavy atom. The Balaban J connectivity index is 1.74. The zero-order chi connectivity index (χ0) is 16.9. The fourth-order valence-electron chi connectivity index (χ4n) is 2.64. The van der Waals surface area contributed by atoms with Crippen LogP contribution < -0.4 is 5.32 Å². The van der Waals surface area contributed by atoms with Crippen molar-refractivity contribution in [1.29, 1.82) is 0 Å². The number of piperidine rings is 1. The molecule has 1 aliphatic rings. The summed E-state index contributed by atoms with van der Waals surface area (Å²) in [4.78, 5) is 25.8. The molecule has 5 heteroatoms. The fourth-order valence-corrected chi connectivity index (χ4v) is 2.64.